The van der Waals surface area contributed by atoms with Crippen molar-refractivity contribution in [3.05, 3.63) is 17.4 Å². The van der Waals surface area contributed by atoms with Crippen molar-refractivity contribution in [2.45, 2.75) is 43.8 Å². The first kappa shape index (κ1) is 25.8. The maximum absolute atomic E-state index is 9.99. The van der Waals surface area contributed by atoms with Gasteiger partial charge in [-0.15, -0.1) is 0 Å². The van der Waals surface area contributed by atoms with Gasteiger partial charge in [0.2, 0.25) is 5.28 Å². The molecule has 0 bridgehead atoms. The van der Waals surface area contributed by atoms with Crippen molar-refractivity contribution in [3.8, 4) is 11.5 Å². The summed E-state index contributed by atoms with van der Waals surface area (Å²) < 4.78 is 10.6. The molecule has 7 nitrogen and oxygen atoms in total. The molecule has 1 aliphatic heterocycles. The highest BCUT2D eigenvalue weighted by atomic mass is 35.5. The molecule has 0 amide bonds. The number of carbonyl (C=O) groups excluding carboxylic acids is 1. The van der Waals surface area contributed by atoms with E-state index in [1.54, 1.807) is 20.3 Å². The van der Waals surface area contributed by atoms with Gasteiger partial charge in [0.15, 0.2) is 11.5 Å². The van der Waals surface area contributed by atoms with E-state index in [2.05, 4.69) is 15.3 Å². The van der Waals surface area contributed by atoms with Gasteiger partial charge in [-0.1, -0.05) is 28.0 Å². The number of anilines is 1. The molecule has 3 rings (SSSR count). The second-order valence-electron chi connectivity index (χ2n) is 6.91. The maximum atomic E-state index is 9.99. The zero-order valence-electron chi connectivity index (χ0n) is 18.1. The van der Waals surface area contributed by atoms with Crippen LogP contribution in [0, 0.1) is 0 Å². The van der Waals surface area contributed by atoms with E-state index in [0.29, 0.717) is 35.9 Å². The third-order valence-electron chi connectivity index (χ3n) is 4.67. The standard InChI is InChI=1S/C13H17ClN4O2.C8H14OS2/c1-19-10-6-8-9(7-11(10)20-2)17-13(14)18-12(8)16-5-3-4-15;9-6-3-1-2-4-8-5-7-10-11-8/h6-7H,3-5,15H2,1-2H3,(H,16,17,18);6,8H,1-5,7H2. The topological polar surface area (TPSA) is 99.4 Å². The predicted molar refractivity (Wildman–Crippen MR) is 133 cm³/mol. The van der Waals surface area contributed by atoms with Crippen LogP contribution in [0.4, 0.5) is 5.82 Å². The molecule has 31 heavy (non-hydrogen) atoms. The van der Waals surface area contributed by atoms with Crippen LogP contribution in [-0.2, 0) is 4.79 Å². The van der Waals surface area contributed by atoms with Crippen molar-refractivity contribution in [1.82, 2.24) is 9.97 Å². The average Bonchev–Trinajstić information content (AvgIpc) is 3.30. The molecule has 1 aromatic carbocycles. The highest BCUT2D eigenvalue weighted by molar-refractivity contribution is 8.77. The molecule has 1 atom stereocenters. The number of carbonyl (C=O) groups is 1. The summed E-state index contributed by atoms with van der Waals surface area (Å²) in [6, 6.07) is 3.60. The molecule has 2 heterocycles. The first-order chi connectivity index (χ1) is 15.1. The Bertz CT molecular complexity index is 823. The molecular formula is C21H31ClN4O3S2. The Morgan fingerprint density at radius 1 is 1.23 bits per heavy atom. The Morgan fingerprint density at radius 3 is 2.65 bits per heavy atom. The van der Waals surface area contributed by atoms with Crippen LogP contribution >= 0.6 is 33.2 Å². The maximum Gasteiger partial charge on any atom is 0.224 e. The zero-order chi connectivity index (χ0) is 22.5. The van der Waals surface area contributed by atoms with Gasteiger partial charge < -0.3 is 25.3 Å². The minimum absolute atomic E-state index is 0.181. The number of methoxy groups -OCH3 is 2. The van der Waals surface area contributed by atoms with Gasteiger partial charge in [-0.2, -0.15) is 0 Å². The molecule has 1 saturated heterocycles. The van der Waals surface area contributed by atoms with E-state index in [1.807, 2.05) is 27.7 Å². The highest BCUT2D eigenvalue weighted by Gasteiger charge is 2.15. The summed E-state index contributed by atoms with van der Waals surface area (Å²) in [6.45, 7) is 1.33. The fourth-order valence-corrected chi connectivity index (χ4v) is 6.24. The number of unbranched alkanes of at least 4 members (excludes halogenated alkanes) is 2. The molecule has 0 radical (unpaired) electrons. The minimum Gasteiger partial charge on any atom is -0.493 e. The lowest BCUT2D eigenvalue weighted by molar-refractivity contribution is -0.107. The SMILES string of the molecule is COc1cc2nc(Cl)nc(NCCCN)c2cc1OC.O=CCCCCC1CCSS1. The molecule has 0 spiro atoms. The molecule has 2 aromatic rings. The molecule has 0 saturated carbocycles. The summed E-state index contributed by atoms with van der Waals surface area (Å²) in [4.78, 5) is 18.4. The molecule has 3 N–H and O–H groups in total. The summed E-state index contributed by atoms with van der Waals surface area (Å²) >= 11 is 5.95. The summed E-state index contributed by atoms with van der Waals surface area (Å²) in [5.74, 6) is 3.20. The number of aldehydes is 1. The summed E-state index contributed by atoms with van der Waals surface area (Å²) in [6.07, 6.45) is 7.63. The van der Waals surface area contributed by atoms with Crippen LogP contribution in [0.1, 0.15) is 38.5 Å². The van der Waals surface area contributed by atoms with Crippen LogP contribution in [-0.4, -0.2) is 54.6 Å². The molecule has 1 aromatic heterocycles. The van der Waals surface area contributed by atoms with Gasteiger partial charge in [0.25, 0.3) is 0 Å². The van der Waals surface area contributed by atoms with Crippen LogP contribution < -0.4 is 20.5 Å². The summed E-state index contributed by atoms with van der Waals surface area (Å²) in [5, 5.41) is 5.09. The number of nitrogens with one attached hydrogen (secondary N) is 1. The predicted octanol–water partition coefficient (Wildman–Crippen LogP) is 4.96. The Labute approximate surface area is 197 Å². The molecule has 172 valence electrons. The lowest BCUT2D eigenvalue weighted by atomic mass is 10.1. The van der Waals surface area contributed by atoms with E-state index >= 15 is 0 Å². The Hall–Kier alpha value is -1.42. The number of hydrogen-bond acceptors (Lipinski definition) is 9. The van der Waals surface area contributed by atoms with E-state index in [-0.39, 0.29) is 5.28 Å². The Balaban J connectivity index is 0.000000262. The number of nitrogens with two attached hydrogens (primary N) is 1. The Morgan fingerprint density at radius 2 is 2.00 bits per heavy atom. The first-order valence-corrected chi connectivity index (χ1v) is 13.1. The minimum atomic E-state index is 0.181. The van der Waals surface area contributed by atoms with E-state index in [1.165, 1.54) is 25.0 Å². The third-order valence-corrected chi connectivity index (χ3v) is 7.85. The van der Waals surface area contributed by atoms with E-state index in [9.17, 15) is 4.79 Å². The fourth-order valence-electron chi connectivity index (χ4n) is 3.04. The van der Waals surface area contributed by atoms with Gasteiger partial charge in [-0.25, -0.2) is 9.97 Å². The van der Waals surface area contributed by atoms with Crippen molar-refractivity contribution in [2.24, 2.45) is 5.73 Å². The van der Waals surface area contributed by atoms with Crippen LogP contribution in [0.5, 0.6) is 11.5 Å². The van der Waals surface area contributed by atoms with Crippen molar-refractivity contribution >= 4 is 56.2 Å². The van der Waals surface area contributed by atoms with Gasteiger partial charge in [0, 0.05) is 35.4 Å². The van der Waals surface area contributed by atoms with Gasteiger partial charge in [0.05, 0.1) is 19.7 Å². The average molecular weight is 487 g/mol. The summed E-state index contributed by atoms with van der Waals surface area (Å²) in [7, 11) is 7.18. The van der Waals surface area contributed by atoms with E-state index in [0.717, 1.165) is 36.2 Å². The first-order valence-electron chi connectivity index (χ1n) is 10.4. The molecule has 1 unspecified atom stereocenters. The van der Waals surface area contributed by atoms with Gasteiger partial charge in [-0.3, -0.25) is 0 Å². The van der Waals surface area contributed by atoms with Crippen molar-refractivity contribution in [1.29, 1.82) is 0 Å². The smallest absolute Gasteiger partial charge is 0.224 e. The quantitative estimate of drug-likeness (QED) is 0.197. The van der Waals surface area contributed by atoms with Crippen molar-refractivity contribution in [3.63, 3.8) is 0 Å². The van der Waals surface area contributed by atoms with E-state index in [4.69, 9.17) is 26.8 Å². The molecule has 0 aliphatic carbocycles. The van der Waals surface area contributed by atoms with Crippen LogP contribution in [0.2, 0.25) is 5.28 Å². The number of ether oxygens (including phenoxy) is 2. The lowest BCUT2D eigenvalue weighted by Crippen LogP contribution is -2.10. The van der Waals surface area contributed by atoms with Gasteiger partial charge in [0.1, 0.15) is 12.1 Å². The van der Waals surface area contributed by atoms with Crippen LogP contribution in [0.3, 0.4) is 0 Å². The summed E-state index contributed by atoms with van der Waals surface area (Å²) in [5.41, 5.74) is 6.18. The normalized spacial score (nSPS) is 15.3. The zero-order valence-corrected chi connectivity index (χ0v) is 20.5. The van der Waals surface area contributed by atoms with Gasteiger partial charge >= 0.3 is 0 Å². The van der Waals surface area contributed by atoms with Crippen molar-refractivity contribution in [2.75, 3.05) is 38.4 Å². The number of halogens is 1. The molecular weight excluding hydrogens is 456 g/mol. The Kier molecular flexibility index (Phi) is 12.2. The molecule has 10 heteroatoms. The number of fused-ring (bicyclic) bond motifs is 1. The molecule has 1 aliphatic rings. The molecule has 1 fully saturated rings. The number of benzene rings is 1. The third kappa shape index (κ3) is 8.56. The lowest BCUT2D eigenvalue weighted by Gasteiger charge is -2.12. The monoisotopic (exact) mass is 486 g/mol. The highest BCUT2D eigenvalue weighted by Crippen LogP contribution is 2.39. The van der Waals surface area contributed by atoms with Crippen molar-refractivity contribution < 1.29 is 14.3 Å². The largest absolute Gasteiger partial charge is 0.493 e. The van der Waals surface area contributed by atoms with E-state index < -0.39 is 0 Å². The van der Waals surface area contributed by atoms with Gasteiger partial charge in [-0.05, 0) is 49.9 Å². The number of hydrogen-bond donors (Lipinski definition) is 2. The van der Waals surface area contributed by atoms with Crippen LogP contribution in [0.25, 0.3) is 10.9 Å². The number of nitrogens with zero attached hydrogens (tertiary/aromatic N) is 2. The second-order valence-corrected chi connectivity index (χ2v) is 10.0. The number of aromatic nitrogens is 2. The number of rotatable bonds is 11. The van der Waals surface area contributed by atoms with Crippen LogP contribution in [0.15, 0.2) is 12.1 Å². The fraction of sp³-hybridized carbons (Fsp3) is 0.571. The second kappa shape index (κ2) is 14.6.